The molecule has 1 unspecified atom stereocenters. The summed E-state index contributed by atoms with van der Waals surface area (Å²) in [6.07, 6.45) is 1.06. The number of rotatable bonds is 3. The van der Waals surface area contributed by atoms with Crippen molar-refractivity contribution in [3.63, 3.8) is 0 Å². The molecule has 17 heavy (non-hydrogen) atoms. The quantitative estimate of drug-likeness (QED) is 0.661. The number of hydrogen-bond donors (Lipinski definition) is 2. The van der Waals surface area contributed by atoms with Gasteiger partial charge < -0.3 is 5.32 Å². The number of benzene rings is 1. The molecule has 0 bridgehead atoms. The van der Waals surface area contributed by atoms with Gasteiger partial charge in [0.05, 0.1) is 0 Å². The van der Waals surface area contributed by atoms with Gasteiger partial charge in [0, 0.05) is 21.4 Å². The second kappa shape index (κ2) is 4.80. The summed E-state index contributed by atoms with van der Waals surface area (Å²) in [7, 11) is 0. The zero-order valence-electron chi connectivity index (χ0n) is 9.12. The van der Waals surface area contributed by atoms with Crippen molar-refractivity contribution in [2.24, 2.45) is 0 Å². The van der Waals surface area contributed by atoms with E-state index < -0.39 is 5.66 Å². The molecule has 1 heterocycles. The summed E-state index contributed by atoms with van der Waals surface area (Å²) in [5, 5.41) is 2.72. The molecule has 1 aromatic rings. The number of carbonyl (C=O) groups is 2. The third kappa shape index (κ3) is 2.12. The maximum atomic E-state index is 11.5. The van der Waals surface area contributed by atoms with Crippen LogP contribution in [-0.4, -0.2) is 12.2 Å². The number of carbonyl (C=O) groups excluding carboxylic acids is 2. The normalized spacial score (nSPS) is 22.0. The standard InChI is InChI=1S/C11H11BrN2O2S/c1-2-9(16)13-11(6-15)10-7(12)4-3-5-8(10)17-14-11/h3-6,14H,2H2,1H3,(H,13,16). The molecule has 0 saturated carbocycles. The van der Waals surface area contributed by atoms with Gasteiger partial charge in [-0.05, 0) is 24.1 Å². The Hall–Kier alpha value is -0.850. The Balaban J connectivity index is 2.47. The van der Waals surface area contributed by atoms with Crippen LogP contribution in [0.15, 0.2) is 27.6 Å². The summed E-state index contributed by atoms with van der Waals surface area (Å²) in [5.74, 6) is -0.172. The highest BCUT2D eigenvalue weighted by Crippen LogP contribution is 2.41. The molecule has 6 heteroatoms. The summed E-state index contributed by atoms with van der Waals surface area (Å²) in [5.41, 5.74) is -0.366. The molecule has 1 aromatic carbocycles. The first-order valence-electron chi connectivity index (χ1n) is 5.13. The lowest BCUT2D eigenvalue weighted by atomic mass is 10.0. The smallest absolute Gasteiger partial charge is 0.221 e. The van der Waals surface area contributed by atoms with E-state index in [2.05, 4.69) is 26.0 Å². The minimum absolute atomic E-state index is 0.172. The lowest BCUT2D eigenvalue weighted by Gasteiger charge is -2.25. The molecular formula is C11H11BrN2O2S. The third-order valence-electron chi connectivity index (χ3n) is 2.53. The topological polar surface area (TPSA) is 58.2 Å². The first-order valence-corrected chi connectivity index (χ1v) is 6.74. The van der Waals surface area contributed by atoms with Crippen LogP contribution < -0.4 is 10.0 Å². The summed E-state index contributed by atoms with van der Waals surface area (Å²) < 4.78 is 3.78. The van der Waals surface area contributed by atoms with Crippen molar-refractivity contribution < 1.29 is 9.59 Å². The lowest BCUT2D eigenvalue weighted by Crippen LogP contribution is -2.53. The molecule has 0 spiro atoms. The molecule has 0 radical (unpaired) electrons. The lowest BCUT2D eigenvalue weighted by molar-refractivity contribution is -0.127. The molecule has 2 rings (SSSR count). The van der Waals surface area contributed by atoms with Gasteiger partial charge in [-0.25, -0.2) is 4.72 Å². The Labute approximate surface area is 112 Å². The van der Waals surface area contributed by atoms with E-state index in [4.69, 9.17) is 0 Å². The summed E-state index contributed by atoms with van der Waals surface area (Å²) in [6.45, 7) is 1.75. The van der Waals surface area contributed by atoms with Gasteiger partial charge in [-0.1, -0.05) is 28.9 Å². The third-order valence-corrected chi connectivity index (χ3v) is 4.17. The maximum absolute atomic E-state index is 11.5. The maximum Gasteiger partial charge on any atom is 0.221 e. The van der Waals surface area contributed by atoms with E-state index in [0.717, 1.165) is 21.2 Å². The minimum atomic E-state index is -1.13. The van der Waals surface area contributed by atoms with Crippen molar-refractivity contribution in [1.29, 1.82) is 0 Å². The Morgan fingerprint density at radius 3 is 3.06 bits per heavy atom. The average molecular weight is 315 g/mol. The van der Waals surface area contributed by atoms with E-state index in [1.807, 2.05) is 18.2 Å². The van der Waals surface area contributed by atoms with Crippen molar-refractivity contribution in [3.05, 3.63) is 28.2 Å². The van der Waals surface area contributed by atoms with Crippen molar-refractivity contribution >= 4 is 40.1 Å². The number of aldehydes is 1. The van der Waals surface area contributed by atoms with Gasteiger partial charge in [-0.15, -0.1) is 0 Å². The average Bonchev–Trinajstić information content (AvgIpc) is 2.70. The van der Waals surface area contributed by atoms with E-state index in [1.165, 1.54) is 11.9 Å². The molecule has 90 valence electrons. The highest BCUT2D eigenvalue weighted by molar-refractivity contribution is 9.10. The molecule has 0 aliphatic carbocycles. The molecule has 1 aliphatic rings. The van der Waals surface area contributed by atoms with E-state index in [0.29, 0.717) is 6.42 Å². The van der Waals surface area contributed by atoms with Crippen LogP contribution in [0.1, 0.15) is 18.9 Å². The van der Waals surface area contributed by atoms with E-state index >= 15 is 0 Å². The SMILES string of the molecule is CCC(=O)NC1(C=O)NSc2cccc(Br)c21. The zero-order chi connectivity index (χ0) is 12.5. The van der Waals surface area contributed by atoms with E-state index in [9.17, 15) is 9.59 Å². The van der Waals surface area contributed by atoms with Crippen LogP contribution in [0, 0.1) is 0 Å². The first-order chi connectivity index (χ1) is 8.13. The van der Waals surface area contributed by atoms with Crippen LogP contribution in [-0.2, 0) is 15.3 Å². The van der Waals surface area contributed by atoms with Crippen molar-refractivity contribution in [2.75, 3.05) is 0 Å². The minimum Gasteiger partial charge on any atom is -0.327 e. The second-order valence-corrected chi connectivity index (χ2v) is 5.35. The predicted octanol–water partition coefficient (Wildman–Crippen LogP) is 1.94. The van der Waals surface area contributed by atoms with Crippen LogP contribution in [0.4, 0.5) is 0 Å². The molecule has 0 saturated heterocycles. The molecule has 0 aromatic heterocycles. The van der Waals surface area contributed by atoms with Crippen LogP contribution >= 0.6 is 27.9 Å². The molecule has 4 nitrogen and oxygen atoms in total. The van der Waals surface area contributed by atoms with Gasteiger partial charge in [0.25, 0.3) is 0 Å². The highest BCUT2D eigenvalue weighted by Gasteiger charge is 2.42. The Morgan fingerprint density at radius 1 is 1.65 bits per heavy atom. The Kier molecular flexibility index (Phi) is 3.56. The Morgan fingerprint density at radius 2 is 2.41 bits per heavy atom. The molecule has 2 N–H and O–H groups in total. The number of hydrogen-bond acceptors (Lipinski definition) is 4. The molecular weight excluding hydrogens is 304 g/mol. The van der Waals surface area contributed by atoms with Gasteiger partial charge in [0.2, 0.25) is 5.91 Å². The molecule has 0 fully saturated rings. The largest absolute Gasteiger partial charge is 0.327 e. The van der Waals surface area contributed by atoms with Gasteiger partial charge in [-0.3, -0.25) is 9.59 Å². The fourth-order valence-electron chi connectivity index (χ4n) is 1.67. The molecule has 1 amide bonds. The number of halogens is 1. The fourth-order valence-corrected chi connectivity index (χ4v) is 3.47. The van der Waals surface area contributed by atoms with E-state index in [-0.39, 0.29) is 5.91 Å². The molecule has 1 atom stereocenters. The number of nitrogens with one attached hydrogen (secondary N) is 2. The summed E-state index contributed by atoms with van der Waals surface area (Å²) in [4.78, 5) is 23.8. The van der Waals surface area contributed by atoms with E-state index in [1.54, 1.807) is 6.92 Å². The van der Waals surface area contributed by atoms with Crippen LogP contribution in [0.2, 0.25) is 0 Å². The first kappa shape index (κ1) is 12.6. The Bertz CT molecular complexity index is 481. The van der Waals surface area contributed by atoms with Crippen LogP contribution in [0.5, 0.6) is 0 Å². The highest BCUT2D eigenvalue weighted by atomic mass is 79.9. The van der Waals surface area contributed by atoms with Crippen molar-refractivity contribution in [3.8, 4) is 0 Å². The second-order valence-electron chi connectivity index (χ2n) is 3.64. The molecule has 1 aliphatic heterocycles. The van der Waals surface area contributed by atoms with Crippen LogP contribution in [0.3, 0.4) is 0 Å². The van der Waals surface area contributed by atoms with Crippen molar-refractivity contribution in [1.82, 2.24) is 10.0 Å². The van der Waals surface area contributed by atoms with Gasteiger partial charge >= 0.3 is 0 Å². The predicted molar refractivity (Wildman–Crippen MR) is 69.3 cm³/mol. The number of fused-ring (bicyclic) bond motifs is 1. The fraction of sp³-hybridized carbons (Fsp3) is 0.273. The summed E-state index contributed by atoms with van der Waals surface area (Å²) in [6, 6.07) is 5.64. The van der Waals surface area contributed by atoms with Crippen molar-refractivity contribution in [2.45, 2.75) is 23.9 Å². The monoisotopic (exact) mass is 314 g/mol. The van der Waals surface area contributed by atoms with Gasteiger partial charge in [-0.2, -0.15) is 0 Å². The van der Waals surface area contributed by atoms with Gasteiger partial charge in [0.1, 0.15) is 0 Å². The number of amides is 1. The zero-order valence-corrected chi connectivity index (χ0v) is 11.5. The van der Waals surface area contributed by atoms with Gasteiger partial charge in [0.15, 0.2) is 11.9 Å². The van der Waals surface area contributed by atoms with Crippen LogP contribution in [0.25, 0.3) is 0 Å². The summed E-state index contributed by atoms with van der Waals surface area (Å²) >= 11 is 4.75.